The molecule has 1 saturated carbocycles. The second-order valence-corrected chi connectivity index (χ2v) is 5.40. The van der Waals surface area contributed by atoms with Crippen LogP contribution >= 0.6 is 11.6 Å². The lowest BCUT2D eigenvalue weighted by atomic mass is 10.0. The number of nitrogens with zero attached hydrogens (tertiary/aromatic N) is 2. The first-order valence-electron chi connectivity index (χ1n) is 6.33. The van der Waals surface area contributed by atoms with Crippen LogP contribution in [0, 0.1) is 12.3 Å². The zero-order valence-corrected chi connectivity index (χ0v) is 11.5. The number of aryl methyl sites for hydroxylation is 1. The number of halogens is 1. The Morgan fingerprint density at radius 2 is 2.17 bits per heavy atom. The van der Waals surface area contributed by atoms with E-state index in [1.807, 2.05) is 0 Å². The highest BCUT2D eigenvalue weighted by Gasteiger charge is 2.41. The first-order valence-corrected chi connectivity index (χ1v) is 6.71. The summed E-state index contributed by atoms with van der Waals surface area (Å²) in [6.45, 7) is 4.82. The summed E-state index contributed by atoms with van der Waals surface area (Å²) < 4.78 is 0. The number of carbonyl (C=O) groups is 1. The highest BCUT2D eigenvalue weighted by Crippen LogP contribution is 2.49. The molecule has 4 nitrogen and oxygen atoms in total. The molecule has 5 heteroatoms. The van der Waals surface area contributed by atoms with Gasteiger partial charge in [0.1, 0.15) is 16.8 Å². The molecule has 2 rings (SSSR count). The van der Waals surface area contributed by atoms with Crippen LogP contribution in [0.5, 0.6) is 0 Å². The predicted octanol–water partition coefficient (Wildman–Crippen LogP) is 3.24. The molecule has 0 unspecified atom stereocenters. The van der Waals surface area contributed by atoms with Crippen molar-refractivity contribution in [2.45, 2.75) is 39.5 Å². The van der Waals surface area contributed by atoms with Crippen molar-refractivity contribution in [2.24, 2.45) is 5.41 Å². The van der Waals surface area contributed by atoms with Crippen molar-refractivity contribution in [1.29, 1.82) is 0 Å². The van der Waals surface area contributed by atoms with E-state index < -0.39 is 0 Å². The number of rotatable bonds is 6. The molecular formula is C13H18ClN3O. The Hall–Kier alpha value is -1.16. The summed E-state index contributed by atoms with van der Waals surface area (Å²) in [5.41, 5.74) is 0.759. The van der Waals surface area contributed by atoms with Crippen molar-refractivity contribution in [3.63, 3.8) is 0 Å². The molecule has 0 aliphatic heterocycles. The van der Waals surface area contributed by atoms with E-state index in [0.29, 0.717) is 28.9 Å². The molecule has 0 atom stereocenters. The van der Waals surface area contributed by atoms with E-state index in [9.17, 15) is 4.79 Å². The fourth-order valence-electron chi connectivity index (χ4n) is 2.28. The molecule has 1 fully saturated rings. The van der Waals surface area contributed by atoms with Gasteiger partial charge >= 0.3 is 0 Å². The van der Waals surface area contributed by atoms with Gasteiger partial charge in [-0.25, -0.2) is 9.97 Å². The molecule has 18 heavy (non-hydrogen) atoms. The molecule has 0 radical (unpaired) electrons. The Labute approximate surface area is 112 Å². The van der Waals surface area contributed by atoms with Crippen LogP contribution in [0.25, 0.3) is 0 Å². The summed E-state index contributed by atoms with van der Waals surface area (Å²) in [5, 5.41) is 3.49. The van der Waals surface area contributed by atoms with E-state index in [1.54, 1.807) is 6.92 Å². The third-order valence-corrected chi connectivity index (χ3v) is 3.79. The molecule has 0 bridgehead atoms. The lowest BCUT2D eigenvalue weighted by molar-refractivity contribution is 0.112. The lowest BCUT2D eigenvalue weighted by Crippen LogP contribution is -2.17. The minimum absolute atomic E-state index is 0.223. The fourth-order valence-corrected chi connectivity index (χ4v) is 2.54. The summed E-state index contributed by atoms with van der Waals surface area (Å²) in [6.07, 6.45) is 5.62. The molecule has 1 aromatic rings. The van der Waals surface area contributed by atoms with Crippen LogP contribution in [-0.2, 0) is 0 Å². The lowest BCUT2D eigenvalue weighted by Gasteiger charge is -2.16. The molecule has 1 N–H and O–H groups in total. The van der Waals surface area contributed by atoms with Crippen LogP contribution in [0.4, 0.5) is 5.82 Å². The topological polar surface area (TPSA) is 54.9 Å². The second kappa shape index (κ2) is 5.22. The van der Waals surface area contributed by atoms with Gasteiger partial charge in [0.05, 0.1) is 5.56 Å². The molecule has 0 amide bonds. The van der Waals surface area contributed by atoms with E-state index in [0.717, 1.165) is 6.54 Å². The third-order valence-electron chi connectivity index (χ3n) is 3.50. The van der Waals surface area contributed by atoms with Gasteiger partial charge < -0.3 is 5.32 Å². The van der Waals surface area contributed by atoms with Gasteiger partial charge in [-0.15, -0.1) is 0 Å². The summed E-state index contributed by atoms with van der Waals surface area (Å²) in [6, 6.07) is 0. The summed E-state index contributed by atoms with van der Waals surface area (Å²) in [5.74, 6) is 1.14. The first kappa shape index (κ1) is 13.3. The Bertz CT molecular complexity index is 458. The fraction of sp³-hybridized carbons (Fsp3) is 0.615. The minimum Gasteiger partial charge on any atom is -0.369 e. The largest absolute Gasteiger partial charge is 0.369 e. The Balaban J connectivity index is 2.11. The van der Waals surface area contributed by atoms with Gasteiger partial charge in [-0.3, -0.25) is 4.79 Å². The first-order chi connectivity index (χ1) is 8.60. The molecule has 0 saturated heterocycles. The number of nitrogens with one attached hydrogen (secondary N) is 1. The van der Waals surface area contributed by atoms with E-state index >= 15 is 0 Å². The summed E-state index contributed by atoms with van der Waals surface area (Å²) >= 11 is 5.94. The van der Waals surface area contributed by atoms with Gasteiger partial charge in [0.25, 0.3) is 0 Å². The van der Waals surface area contributed by atoms with E-state index in [-0.39, 0.29) is 5.15 Å². The molecule has 1 aliphatic carbocycles. The van der Waals surface area contributed by atoms with Gasteiger partial charge in [-0.1, -0.05) is 24.9 Å². The number of anilines is 1. The second-order valence-electron chi connectivity index (χ2n) is 5.05. The number of aromatic nitrogens is 2. The standard InChI is InChI=1S/C13H18ClN3O/c1-3-4-13(5-6-13)8-15-12-10(7-18)11(14)16-9(2)17-12/h7H,3-6,8H2,1-2H3,(H,15,16,17). The zero-order valence-electron chi connectivity index (χ0n) is 10.8. The maximum atomic E-state index is 11.0. The van der Waals surface area contributed by atoms with Gasteiger partial charge in [0.2, 0.25) is 0 Å². The van der Waals surface area contributed by atoms with Crippen molar-refractivity contribution >= 4 is 23.7 Å². The van der Waals surface area contributed by atoms with Gasteiger partial charge in [0, 0.05) is 6.54 Å². The Kier molecular flexibility index (Phi) is 3.85. The minimum atomic E-state index is 0.223. The third kappa shape index (κ3) is 2.80. The SMILES string of the molecule is CCCC1(CNc2nc(C)nc(Cl)c2C=O)CC1. The maximum absolute atomic E-state index is 11.0. The molecular weight excluding hydrogens is 250 g/mol. The molecule has 0 spiro atoms. The quantitative estimate of drug-likeness (QED) is 0.635. The number of hydrogen-bond donors (Lipinski definition) is 1. The predicted molar refractivity (Wildman–Crippen MR) is 72.2 cm³/mol. The molecule has 98 valence electrons. The molecule has 1 aliphatic rings. The van der Waals surface area contributed by atoms with Crippen LogP contribution in [0.2, 0.25) is 5.15 Å². The van der Waals surface area contributed by atoms with E-state index in [4.69, 9.17) is 11.6 Å². The summed E-state index contributed by atoms with van der Waals surface area (Å²) in [4.78, 5) is 19.3. The number of carbonyl (C=O) groups excluding carboxylic acids is 1. The Morgan fingerprint density at radius 3 is 2.72 bits per heavy atom. The highest BCUT2D eigenvalue weighted by atomic mass is 35.5. The van der Waals surface area contributed by atoms with E-state index in [2.05, 4.69) is 22.2 Å². The monoisotopic (exact) mass is 267 g/mol. The van der Waals surface area contributed by atoms with Crippen molar-refractivity contribution in [2.75, 3.05) is 11.9 Å². The van der Waals surface area contributed by atoms with Crippen molar-refractivity contribution in [3.8, 4) is 0 Å². The van der Waals surface area contributed by atoms with Gasteiger partial charge in [-0.05, 0) is 31.6 Å². The van der Waals surface area contributed by atoms with Crippen LogP contribution in [-0.4, -0.2) is 22.8 Å². The molecule has 0 aromatic carbocycles. The zero-order chi connectivity index (χ0) is 13.2. The van der Waals surface area contributed by atoms with Crippen LogP contribution < -0.4 is 5.32 Å². The highest BCUT2D eigenvalue weighted by molar-refractivity contribution is 6.32. The Morgan fingerprint density at radius 1 is 1.44 bits per heavy atom. The van der Waals surface area contributed by atoms with Crippen molar-refractivity contribution in [3.05, 3.63) is 16.5 Å². The van der Waals surface area contributed by atoms with Crippen LogP contribution in [0.1, 0.15) is 48.8 Å². The summed E-state index contributed by atoms with van der Waals surface area (Å²) in [7, 11) is 0. The molecule has 1 heterocycles. The number of aldehydes is 1. The van der Waals surface area contributed by atoms with E-state index in [1.165, 1.54) is 25.7 Å². The van der Waals surface area contributed by atoms with Crippen LogP contribution in [0.15, 0.2) is 0 Å². The van der Waals surface area contributed by atoms with Crippen molar-refractivity contribution < 1.29 is 4.79 Å². The molecule has 1 aromatic heterocycles. The van der Waals surface area contributed by atoms with Gasteiger partial charge in [-0.2, -0.15) is 0 Å². The number of hydrogen-bond acceptors (Lipinski definition) is 4. The van der Waals surface area contributed by atoms with Crippen molar-refractivity contribution in [1.82, 2.24) is 9.97 Å². The van der Waals surface area contributed by atoms with Gasteiger partial charge in [0.15, 0.2) is 6.29 Å². The van der Waals surface area contributed by atoms with Crippen LogP contribution in [0.3, 0.4) is 0 Å². The smallest absolute Gasteiger partial charge is 0.156 e. The maximum Gasteiger partial charge on any atom is 0.156 e. The average Bonchev–Trinajstić information content (AvgIpc) is 3.07. The normalized spacial score (nSPS) is 16.4. The average molecular weight is 268 g/mol.